The molecular weight excluding hydrogens is 280 g/mol. The first-order valence-electron chi connectivity index (χ1n) is 5.62. The summed E-state index contributed by atoms with van der Waals surface area (Å²) in [6, 6.07) is 7.50. The monoisotopic (exact) mass is 298 g/mol. The summed E-state index contributed by atoms with van der Waals surface area (Å²) in [4.78, 5) is 11.8. The fourth-order valence-electron chi connectivity index (χ4n) is 1.34. The molecule has 0 saturated carbocycles. The highest BCUT2D eigenvalue weighted by Crippen LogP contribution is 2.15. The summed E-state index contributed by atoms with van der Waals surface area (Å²) in [7, 11) is 0. The van der Waals surface area contributed by atoms with Crippen molar-refractivity contribution in [3.05, 3.63) is 28.7 Å². The van der Waals surface area contributed by atoms with Crippen LogP contribution in [-0.4, -0.2) is 17.5 Å². The van der Waals surface area contributed by atoms with E-state index in [-0.39, 0.29) is 17.5 Å². The normalized spacial score (nSPS) is 13.0. The number of carbonyl (C=O) groups excluding carboxylic acids is 1. The van der Waals surface area contributed by atoms with E-state index in [4.69, 9.17) is 0 Å². The molecule has 4 heteroatoms. The smallest absolute Gasteiger partial charge is 0.242 e. The van der Waals surface area contributed by atoms with Gasteiger partial charge in [0.1, 0.15) is 6.04 Å². The first-order chi connectivity index (χ1) is 7.78. The molecule has 1 aromatic carbocycles. The molecule has 0 saturated heterocycles. The van der Waals surface area contributed by atoms with Crippen LogP contribution in [0.3, 0.4) is 0 Å². The van der Waals surface area contributed by atoms with Gasteiger partial charge in [-0.3, -0.25) is 4.79 Å². The molecule has 0 aromatic heterocycles. The Morgan fingerprint density at radius 3 is 2.24 bits per heavy atom. The third kappa shape index (κ3) is 5.22. The summed E-state index contributed by atoms with van der Waals surface area (Å²) in [6.45, 7) is 7.76. The molecule has 1 unspecified atom stereocenters. The quantitative estimate of drug-likeness (QED) is 0.900. The van der Waals surface area contributed by atoms with Gasteiger partial charge in [-0.2, -0.15) is 0 Å². The van der Waals surface area contributed by atoms with Crippen LogP contribution in [0.1, 0.15) is 27.7 Å². The summed E-state index contributed by atoms with van der Waals surface area (Å²) in [5.74, 6) is 0.000388. The first-order valence-corrected chi connectivity index (χ1v) is 6.41. The van der Waals surface area contributed by atoms with Gasteiger partial charge in [-0.05, 0) is 52.0 Å². The minimum absolute atomic E-state index is 0.000388. The van der Waals surface area contributed by atoms with Gasteiger partial charge in [-0.15, -0.1) is 0 Å². The SMILES string of the molecule is CC(Nc1ccc(Br)cc1)C(=O)NC(C)(C)C. The Kier molecular flexibility index (Phi) is 4.57. The molecule has 1 atom stereocenters. The fourth-order valence-corrected chi connectivity index (χ4v) is 1.60. The highest BCUT2D eigenvalue weighted by molar-refractivity contribution is 9.10. The van der Waals surface area contributed by atoms with Gasteiger partial charge in [-0.1, -0.05) is 15.9 Å². The molecule has 0 fully saturated rings. The van der Waals surface area contributed by atoms with Gasteiger partial charge in [0.15, 0.2) is 0 Å². The number of nitrogens with one attached hydrogen (secondary N) is 2. The average Bonchev–Trinajstić information content (AvgIpc) is 2.19. The molecular formula is C13H19BrN2O. The molecule has 94 valence electrons. The fraction of sp³-hybridized carbons (Fsp3) is 0.462. The van der Waals surface area contributed by atoms with Gasteiger partial charge in [-0.25, -0.2) is 0 Å². The molecule has 3 nitrogen and oxygen atoms in total. The zero-order chi connectivity index (χ0) is 13.1. The molecule has 0 aliphatic carbocycles. The minimum Gasteiger partial charge on any atom is -0.374 e. The van der Waals surface area contributed by atoms with Crippen molar-refractivity contribution in [3.63, 3.8) is 0 Å². The van der Waals surface area contributed by atoms with Crippen LogP contribution in [-0.2, 0) is 4.79 Å². The molecule has 1 aromatic rings. The molecule has 0 aliphatic heterocycles. The van der Waals surface area contributed by atoms with Crippen LogP contribution in [0.2, 0.25) is 0 Å². The van der Waals surface area contributed by atoms with Crippen LogP contribution in [0.15, 0.2) is 28.7 Å². The minimum atomic E-state index is -0.254. The first kappa shape index (κ1) is 14.0. The van der Waals surface area contributed by atoms with E-state index in [0.717, 1.165) is 10.2 Å². The van der Waals surface area contributed by atoms with Crippen LogP contribution in [0.5, 0.6) is 0 Å². The van der Waals surface area contributed by atoms with Gasteiger partial charge < -0.3 is 10.6 Å². The number of anilines is 1. The number of hydrogen-bond donors (Lipinski definition) is 2. The predicted octanol–water partition coefficient (Wildman–Crippen LogP) is 3.16. The van der Waals surface area contributed by atoms with Crippen molar-refractivity contribution in [2.75, 3.05) is 5.32 Å². The molecule has 1 amide bonds. The lowest BCUT2D eigenvalue weighted by Crippen LogP contribution is -2.47. The van der Waals surface area contributed by atoms with E-state index in [1.165, 1.54) is 0 Å². The Bertz CT molecular complexity index is 381. The largest absolute Gasteiger partial charge is 0.374 e. The van der Waals surface area contributed by atoms with E-state index in [9.17, 15) is 4.79 Å². The predicted molar refractivity (Wildman–Crippen MR) is 75.1 cm³/mol. The topological polar surface area (TPSA) is 41.1 Å². The summed E-state index contributed by atoms with van der Waals surface area (Å²) >= 11 is 3.37. The van der Waals surface area contributed by atoms with Crippen LogP contribution in [0.4, 0.5) is 5.69 Å². The molecule has 0 spiro atoms. The van der Waals surface area contributed by atoms with Crippen molar-refractivity contribution >= 4 is 27.5 Å². The number of carbonyl (C=O) groups is 1. The molecule has 0 heterocycles. The second-order valence-corrected chi connectivity index (χ2v) is 6.03. The second-order valence-electron chi connectivity index (χ2n) is 5.11. The molecule has 17 heavy (non-hydrogen) atoms. The van der Waals surface area contributed by atoms with Gasteiger partial charge in [0, 0.05) is 15.7 Å². The van der Waals surface area contributed by atoms with Crippen molar-refractivity contribution in [1.82, 2.24) is 5.32 Å². The van der Waals surface area contributed by atoms with Crippen LogP contribution >= 0.6 is 15.9 Å². The number of hydrogen-bond acceptors (Lipinski definition) is 2. The second kappa shape index (κ2) is 5.54. The molecule has 0 bridgehead atoms. The highest BCUT2D eigenvalue weighted by atomic mass is 79.9. The Morgan fingerprint density at radius 2 is 1.76 bits per heavy atom. The van der Waals surface area contributed by atoms with E-state index >= 15 is 0 Å². The number of halogens is 1. The molecule has 0 aliphatic rings. The summed E-state index contributed by atoms with van der Waals surface area (Å²) in [6.07, 6.45) is 0. The molecule has 0 radical (unpaired) electrons. The summed E-state index contributed by atoms with van der Waals surface area (Å²) in [5.41, 5.74) is 0.733. The number of amides is 1. The van der Waals surface area contributed by atoms with Crippen LogP contribution < -0.4 is 10.6 Å². The maximum absolute atomic E-state index is 11.8. The van der Waals surface area contributed by atoms with Crippen LogP contribution in [0, 0.1) is 0 Å². The van der Waals surface area contributed by atoms with Crippen molar-refractivity contribution < 1.29 is 4.79 Å². The van der Waals surface area contributed by atoms with E-state index in [2.05, 4.69) is 26.6 Å². The van der Waals surface area contributed by atoms with E-state index in [1.54, 1.807) is 0 Å². The lowest BCUT2D eigenvalue weighted by molar-refractivity contribution is -0.122. The third-order valence-corrected chi connectivity index (χ3v) is 2.65. The van der Waals surface area contributed by atoms with Crippen LogP contribution in [0.25, 0.3) is 0 Å². The standard InChI is InChI=1S/C13H19BrN2O/c1-9(12(17)16-13(2,3)4)15-11-7-5-10(14)6-8-11/h5-9,15H,1-4H3,(H,16,17). The number of rotatable bonds is 3. The zero-order valence-corrected chi connectivity index (χ0v) is 12.3. The lowest BCUT2D eigenvalue weighted by Gasteiger charge is -2.24. The third-order valence-electron chi connectivity index (χ3n) is 2.12. The summed E-state index contributed by atoms with van der Waals surface area (Å²) < 4.78 is 1.02. The van der Waals surface area contributed by atoms with Gasteiger partial charge in [0.2, 0.25) is 5.91 Å². The maximum Gasteiger partial charge on any atom is 0.242 e. The van der Waals surface area contributed by atoms with Gasteiger partial charge >= 0.3 is 0 Å². The van der Waals surface area contributed by atoms with Gasteiger partial charge in [0.25, 0.3) is 0 Å². The Hall–Kier alpha value is -1.03. The van der Waals surface area contributed by atoms with Crippen molar-refractivity contribution in [3.8, 4) is 0 Å². The van der Waals surface area contributed by atoms with Crippen molar-refractivity contribution in [2.24, 2.45) is 0 Å². The summed E-state index contributed by atoms with van der Waals surface area (Å²) in [5, 5.41) is 6.10. The van der Waals surface area contributed by atoms with E-state index < -0.39 is 0 Å². The van der Waals surface area contributed by atoms with E-state index in [0.29, 0.717) is 0 Å². The van der Waals surface area contributed by atoms with Gasteiger partial charge in [0.05, 0.1) is 0 Å². The number of benzene rings is 1. The maximum atomic E-state index is 11.8. The Balaban J connectivity index is 2.57. The Labute approximate surface area is 111 Å². The molecule has 1 rings (SSSR count). The lowest BCUT2D eigenvalue weighted by atomic mass is 10.1. The van der Waals surface area contributed by atoms with E-state index in [1.807, 2.05) is 52.0 Å². The molecule has 2 N–H and O–H groups in total. The van der Waals surface area contributed by atoms with Crippen molar-refractivity contribution in [2.45, 2.75) is 39.3 Å². The average molecular weight is 299 g/mol. The Morgan fingerprint density at radius 1 is 1.24 bits per heavy atom. The highest BCUT2D eigenvalue weighted by Gasteiger charge is 2.18. The zero-order valence-electron chi connectivity index (χ0n) is 10.7. The van der Waals surface area contributed by atoms with Crippen molar-refractivity contribution in [1.29, 1.82) is 0 Å².